The van der Waals surface area contributed by atoms with Crippen molar-refractivity contribution in [3.8, 4) is 5.88 Å². The number of hydrogen-bond acceptors (Lipinski definition) is 2. The second kappa shape index (κ2) is 2.09. The molecule has 1 aromatic rings. The first-order chi connectivity index (χ1) is 4.24. The molecule has 3 nitrogen and oxygen atoms in total. The lowest BCUT2D eigenvalue weighted by molar-refractivity contribution is 0.449. The van der Waals surface area contributed by atoms with Crippen LogP contribution in [0.5, 0.6) is 5.88 Å². The van der Waals surface area contributed by atoms with Crippen LogP contribution in [0.4, 0.5) is 0 Å². The number of aromatic amines is 1. The van der Waals surface area contributed by atoms with Gasteiger partial charge in [-0.15, -0.1) is 0 Å². The molecule has 0 radical (unpaired) electrons. The summed E-state index contributed by atoms with van der Waals surface area (Å²) in [6.45, 7) is 3.78. The highest BCUT2D eigenvalue weighted by atomic mass is 16.3. The van der Waals surface area contributed by atoms with Crippen LogP contribution in [0.2, 0.25) is 0 Å². The fourth-order valence-corrected chi connectivity index (χ4v) is 0.775. The van der Waals surface area contributed by atoms with Crippen molar-refractivity contribution in [1.29, 1.82) is 0 Å². The van der Waals surface area contributed by atoms with Crippen molar-refractivity contribution in [1.82, 2.24) is 9.97 Å². The lowest BCUT2D eigenvalue weighted by Crippen LogP contribution is -1.78. The monoisotopic (exact) mass is 126 g/mol. The largest absolute Gasteiger partial charge is 0.492 e. The quantitative estimate of drug-likeness (QED) is 0.589. The molecule has 0 aromatic carbocycles. The van der Waals surface area contributed by atoms with Gasteiger partial charge in [0.15, 0.2) is 0 Å². The summed E-state index contributed by atoms with van der Waals surface area (Å²) in [4.78, 5) is 6.71. The van der Waals surface area contributed by atoms with Crippen LogP contribution in [-0.2, 0) is 6.42 Å². The van der Waals surface area contributed by atoms with E-state index in [0.29, 0.717) is 0 Å². The molecule has 0 saturated carbocycles. The van der Waals surface area contributed by atoms with Crippen LogP contribution in [0.25, 0.3) is 0 Å². The van der Waals surface area contributed by atoms with Crippen LogP contribution in [0.15, 0.2) is 0 Å². The molecule has 0 aliphatic carbocycles. The van der Waals surface area contributed by atoms with E-state index in [1.165, 1.54) is 0 Å². The van der Waals surface area contributed by atoms with Gasteiger partial charge in [0, 0.05) is 0 Å². The fraction of sp³-hybridized carbons (Fsp3) is 0.500. The minimum absolute atomic E-state index is 0.134. The molecular formula is C6H10N2O. The van der Waals surface area contributed by atoms with Crippen molar-refractivity contribution in [3.05, 3.63) is 11.5 Å². The van der Waals surface area contributed by atoms with E-state index >= 15 is 0 Å². The van der Waals surface area contributed by atoms with E-state index in [-0.39, 0.29) is 5.88 Å². The van der Waals surface area contributed by atoms with Gasteiger partial charge in [-0.1, -0.05) is 6.92 Å². The summed E-state index contributed by atoms with van der Waals surface area (Å²) in [6.07, 6.45) is 0.798. The van der Waals surface area contributed by atoms with Gasteiger partial charge < -0.3 is 10.1 Å². The lowest BCUT2D eigenvalue weighted by atomic mass is 10.4. The summed E-state index contributed by atoms with van der Waals surface area (Å²) in [5.41, 5.74) is 0.813. The second-order valence-corrected chi connectivity index (χ2v) is 1.98. The number of aryl methyl sites for hydroxylation is 2. The second-order valence-electron chi connectivity index (χ2n) is 1.98. The molecule has 1 aromatic heterocycles. The average molecular weight is 126 g/mol. The van der Waals surface area contributed by atoms with E-state index in [1.807, 2.05) is 13.8 Å². The summed E-state index contributed by atoms with van der Waals surface area (Å²) < 4.78 is 0. The molecule has 0 amide bonds. The number of nitrogens with zero attached hydrogens (tertiary/aromatic N) is 1. The molecular weight excluding hydrogens is 116 g/mol. The Labute approximate surface area is 53.7 Å². The zero-order chi connectivity index (χ0) is 6.85. The third-order valence-corrected chi connectivity index (χ3v) is 1.23. The maximum Gasteiger partial charge on any atom is 0.232 e. The molecule has 2 N–H and O–H groups in total. The Morgan fingerprint density at radius 3 is 2.56 bits per heavy atom. The molecule has 1 heterocycles. The zero-order valence-corrected chi connectivity index (χ0v) is 5.60. The van der Waals surface area contributed by atoms with Crippen LogP contribution >= 0.6 is 0 Å². The van der Waals surface area contributed by atoms with Crippen LogP contribution in [-0.4, -0.2) is 15.1 Å². The number of imidazole rings is 1. The Kier molecular flexibility index (Phi) is 1.42. The van der Waals surface area contributed by atoms with Crippen LogP contribution in [0.3, 0.4) is 0 Å². The van der Waals surface area contributed by atoms with Gasteiger partial charge in [-0.3, -0.25) is 0 Å². The zero-order valence-electron chi connectivity index (χ0n) is 5.60. The average Bonchev–Trinajstić information content (AvgIpc) is 2.10. The van der Waals surface area contributed by atoms with Gasteiger partial charge in [0.1, 0.15) is 5.82 Å². The van der Waals surface area contributed by atoms with Gasteiger partial charge >= 0.3 is 0 Å². The van der Waals surface area contributed by atoms with E-state index < -0.39 is 0 Å². The first-order valence-electron chi connectivity index (χ1n) is 2.98. The number of nitrogens with one attached hydrogen (secondary N) is 1. The Bertz CT molecular complexity index is 205. The van der Waals surface area contributed by atoms with Crippen LogP contribution in [0.1, 0.15) is 18.4 Å². The highest BCUT2D eigenvalue weighted by molar-refractivity contribution is 5.18. The molecule has 9 heavy (non-hydrogen) atoms. The summed E-state index contributed by atoms with van der Waals surface area (Å²) in [5.74, 6) is 0.902. The maximum absolute atomic E-state index is 8.99. The van der Waals surface area contributed by atoms with Gasteiger partial charge in [0.05, 0.1) is 5.69 Å². The van der Waals surface area contributed by atoms with E-state index in [9.17, 15) is 0 Å². The molecule has 3 heteroatoms. The molecule has 0 saturated heterocycles. The van der Waals surface area contributed by atoms with E-state index in [1.54, 1.807) is 0 Å². The first-order valence-corrected chi connectivity index (χ1v) is 2.98. The van der Waals surface area contributed by atoms with Gasteiger partial charge in [-0.2, -0.15) is 4.98 Å². The highest BCUT2D eigenvalue weighted by Crippen LogP contribution is 2.11. The summed E-state index contributed by atoms with van der Waals surface area (Å²) in [7, 11) is 0. The molecule has 0 fully saturated rings. The van der Waals surface area contributed by atoms with Crippen molar-refractivity contribution >= 4 is 0 Å². The summed E-state index contributed by atoms with van der Waals surface area (Å²) >= 11 is 0. The van der Waals surface area contributed by atoms with Crippen molar-refractivity contribution < 1.29 is 5.11 Å². The minimum Gasteiger partial charge on any atom is -0.492 e. The SMILES string of the molecule is CCc1[nH]c(C)nc1O. The third-order valence-electron chi connectivity index (χ3n) is 1.23. The van der Waals surface area contributed by atoms with Gasteiger partial charge in [0.25, 0.3) is 0 Å². The number of H-pyrrole nitrogens is 1. The standard InChI is InChI=1S/C6H10N2O/c1-3-5-6(9)8-4(2)7-5/h9H,3H2,1-2H3,(H,7,8). The summed E-state index contributed by atoms with van der Waals surface area (Å²) in [6, 6.07) is 0. The summed E-state index contributed by atoms with van der Waals surface area (Å²) in [5, 5.41) is 8.99. The fourth-order valence-electron chi connectivity index (χ4n) is 0.775. The number of hydrogen-bond donors (Lipinski definition) is 2. The molecule has 50 valence electrons. The van der Waals surface area contributed by atoms with E-state index in [2.05, 4.69) is 9.97 Å². The molecule has 0 aliphatic heterocycles. The Hall–Kier alpha value is -0.990. The third kappa shape index (κ3) is 1.04. The molecule has 0 bridgehead atoms. The predicted molar refractivity (Wildman–Crippen MR) is 34.4 cm³/mol. The van der Waals surface area contributed by atoms with Gasteiger partial charge in [0.2, 0.25) is 5.88 Å². The first kappa shape index (κ1) is 6.13. The smallest absolute Gasteiger partial charge is 0.232 e. The predicted octanol–water partition coefficient (Wildman–Crippen LogP) is 0.986. The topological polar surface area (TPSA) is 48.9 Å². The van der Waals surface area contributed by atoms with Gasteiger partial charge in [-0.25, -0.2) is 0 Å². The van der Waals surface area contributed by atoms with E-state index in [4.69, 9.17) is 5.11 Å². The van der Waals surface area contributed by atoms with Crippen LogP contribution < -0.4 is 0 Å². The Balaban J connectivity index is 3.01. The van der Waals surface area contributed by atoms with Crippen molar-refractivity contribution in [2.45, 2.75) is 20.3 Å². The van der Waals surface area contributed by atoms with Gasteiger partial charge in [-0.05, 0) is 13.3 Å². The Morgan fingerprint density at radius 1 is 1.67 bits per heavy atom. The number of rotatable bonds is 1. The van der Waals surface area contributed by atoms with E-state index in [0.717, 1.165) is 17.9 Å². The normalized spacial score (nSPS) is 10.0. The molecule has 0 spiro atoms. The van der Waals surface area contributed by atoms with Crippen molar-refractivity contribution in [2.24, 2.45) is 0 Å². The maximum atomic E-state index is 8.99. The molecule has 1 rings (SSSR count). The Morgan fingerprint density at radius 2 is 2.33 bits per heavy atom. The van der Waals surface area contributed by atoms with Crippen molar-refractivity contribution in [2.75, 3.05) is 0 Å². The molecule has 0 atom stereocenters. The minimum atomic E-state index is 0.134. The highest BCUT2D eigenvalue weighted by Gasteiger charge is 2.01. The number of aromatic nitrogens is 2. The number of aromatic hydroxyl groups is 1. The van der Waals surface area contributed by atoms with Crippen molar-refractivity contribution in [3.63, 3.8) is 0 Å². The molecule has 0 aliphatic rings. The molecule has 0 unspecified atom stereocenters. The lowest BCUT2D eigenvalue weighted by Gasteiger charge is -1.86. The van der Waals surface area contributed by atoms with Crippen LogP contribution in [0, 0.1) is 6.92 Å².